The summed E-state index contributed by atoms with van der Waals surface area (Å²) in [4.78, 5) is 4.71. The van der Waals surface area contributed by atoms with Crippen molar-refractivity contribution in [1.29, 1.82) is 0 Å². The van der Waals surface area contributed by atoms with E-state index in [4.69, 9.17) is 9.72 Å². The summed E-state index contributed by atoms with van der Waals surface area (Å²) in [6.45, 7) is 9.96. The maximum absolute atomic E-state index is 5.62. The van der Waals surface area contributed by atoms with Gasteiger partial charge in [-0.3, -0.25) is 0 Å². The zero-order valence-electron chi connectivity index (χ0n) is 16.0. The molecule has 0 aliphatic carbocycles. The van der Waals surface area contributed by atoms with E-state index < -0.39 is 0 Å². The molecule has 0 saturated carbocycles. The molecule has 4 heteroatoms. The number of rotatable bonds is 5. The maximum Gasteiger partial charge on any atom is 0.162 e. The molecule has 0 aliphatic rings. The van der Waals surface area contributed by atoms with E-state index in [0.717, 1.165) is 44.8 Å². The fourth-order valence-electron chi connectivity index (χ4n) is 3.41. The van der Waals surface area contributed by atoms with Gasteiger partial charge in [0.05, 0.1) is 18.9 Å². The molecular weight excluding hydrogens is 346 g/mol. The number of aromatic nitrogens is 3. The molecule has 2 aromatic heterocycles. The second kappa shape index (κ2) is 7.16. The number of nitrogens with zero attached hydrogens (tertiary/aromatic N) is 3. The van der Waals surface area contributed by atoms with Gasteiger partial charge in [0.25, 0.3) is 0 Å². The number of benzene rings is 2. The van der Waals surface area contributed by atoms with E-state index in [1.165, 1.54) is 5.56 Å². The number of hydrogen-bond donors (Lipinski definition) is 0. The molecule has 0 N–H and O–H groups in total. The van der Waals surface area contributed by atoms with Crippen LogP contribution in [0.3, 0.4) is 0 Å². The second-order valence-electron chi connectivity index (χ2n) is 6.59. The molecule has 0 bridgehead atoms. The molecule has 28 heavy (non-hydrogen) atoms. The molecule has 2 aromatic carbocycles. The van der Waals surface area contributed by atoms with Crippen LogP contribution < -0.4 is 4.74 Å². The van der Waals surface area contributed by atoms with E-state index in [2.05, 4.69) is 49.4 Å². The Balaban J connectivity index is 1.91. The van der Waals surface area contributed by atoms with Crippen molar-refractivity contribution >= 4 is 17.8 Å². The summed E-state index contributed by atoms with van der Waals surface area (Å²) in [5, 5.41) is 4.54. The van der Waals surface area contributed by atoms with Crippen LogP contribution in [0, 0.1) is 6.92 Å². The van der Waals surface area contributed by atoms with E-state index in [-0.39, 0.29) is 0 Å². The van der Waals surface area contributed by atoms with E-state index >= 15 is 0 Å². The highest BCUT2D eigenvalue weighted by Crippen LogP contribution is 2.38. The summed E-state index contributed by atoms with van der Waals surface area (Å²) < 4.78 is 7.42. The van der Waals surface area contributed by atoms with Gasteiger partial charge in [0.2, 0.25) is 0 Å². The lowest BCUT2D eigenvalue weighted by Gasteiger charge is -2.13. The lowest BCUT2D eigenvalue weighted by Crippen LogP contribution is -1.95. The summed E-state index contributed by atoms with van der Waals surface area (Å²) in [6.07, 6.45) is 9.32. The van der Waals surface area contributed by atoms with Gasteiger partial charge in [0, 0.05) is 23.5 Å². The molecule has 2 heterocycles. The van der Waals surface area contributed by atoms with Crippen molar-refractivity contribution in [3.63, 3.8) is 0 Å². The second-order valence-corrected chi connectivity index (χ2v) is 6.59. The van der Waals surface area contributed by atoms with Crippen molar-refractivity contribution in [3.8, 4) is 28.0 Å². The van der Waals surface area contributed by atoms with Crippen LogP contribution in [0.25, 0.3) is 40.1 Å². The Labute approximate surface area is 164 Å². The van der Waals surface area contributed by atoms with Gasteiger partial charge in [0.15, 0.2) is 5.65 Å². The molecule has 0 unspecified atom stereocenters. The smallest absolute Gasteiger partial charge is 0.162 e. The minimum Gasteiger partial charge on any atom is -0.496 e. The van der Waals surface area contributed by atoms with Crippen LogP contribution in [0.2, 0.25) is 0 Å². The van der Waals surface area contributed by atoms with Gasteiger partial charge >= 0.3 is 0 Å². The Morgan fingerprint density at radius 3 is 2.43 bits per heavy atom. The van der Waals surface area contributed by atoms with Gasteiger partial charge in [-0.15, -0.1) is 0 Å². The van der Waals surface area contributed by atoms with Crippen molar-refractivity contribution in [2.45, 2.75) is 6.92 Å². The van der Waals surface area contributed by atoms with Gasteiger partial charge < -0.3 is 4.74 Å². The van der Waals surface area contributed by atoms with Gasteiger partial charge in [0.1, 0.15) is 5.75 Å². The molecule has 4 rings (SSSR count). The van der Waals surface area contributed by atoms with Gasteiger partial charge in [-0.2, -0.15) is 5.10 Å². The summed E-state index contributed by atoms with van der Waals surface area (Å²) in [6, 6.07) is 12.3. The minimum atomic E-state index is 0.750. The number of aryl methyl sites for hydroxylation is 1. The number of ether oxygens (including phenoxy) is 1. The summed E-state index contributed by atoms with van der Waals surface area (Å²) >= 11 is 0. The van der Waals surface area contributed by atoms with E-state index in [1.807, 2.05) is 42.9 Å². The third-order valence-corrected chi connectivity index (χ3v) is 4.90. The molecule has 0 saturated heterocycles. The number of fused-ring (bicyclic) bond motifs is 1. The zero-order valence-corrected chi connectivity index (χ0v) is 16.0. The molecule has 138 valence electrons. The quantitative estimate of drug-likeness (QED) is 0.456. The predicted octanol–water partition coefficient (Wildman–Crippen LogP) is 5.67. The van der Waals surface area contributed by atoms with Gasteiger partial charge in [-0.1, -0.05) is 61.2 Å². The Bertz CT molecular complexity index is 1190. The Hall–Kier alpha value is -3.66. The normalized spacial score (nSPS) is 10.8. The van der Waals surface area contributed by atoms with Crippen LogP contribution in [0.15, 0.2) is 68.1 Å². The molecule has 0 atom stereocenters. The van der Waals surface area contributed by atoms with Gasteiger partial charge in [-0.05, 0) is 29.7 Å². The monoisotopic (exact) mass is 367 g/mol. The standard InChI is InChI=1S/C24H21N3O/c1-5-17-11-12-22(28-4)23(20(17)6-2)21-14-26-27-15-19(13-25-24(21)27)18-9-7-16(3)8-10-18/h5-15H,1-2H2,3-4H3. The van der Waals surface area contributed by atoms with E-state index in [1.54, 1.807) is 11.6 Å². The topological polar surface area (TPSA) is 39.4 Å². The molecule has 4 aromatic rings. The first-order chi connectivity index (χ1) is 13.7. The van der Waals surface area contributed by atoms with Crippen LogP contribution in [-0.4, -0.2) is 21.7 Å². The van der Waals surface area contributed by atoms with Crippen LogP contribution in [0.5, 0.6) is 5.75 Å². The van der Waals surface area contributed by atoms with Crippen molar-refractivity contribution in [2.75, 3.05) is 7.11 Å². The molecular formula is C24H21N3O. The first-order valence-corrected chi connectivity index (χ1v) is 9.03. The van der Waals surface area contributed by atoms with Crippen molar-refractivity contribution in [3.05, 3.63) is 84.8 Å². The average Bonchev–Trinajstić information content (AvgIpc) is 3.15. The van der Waals surface area contributed by atoms with Crippen LogP contribution in [0.4, 0.5) is 0 Å². The molecule has 4 nitrogen and oxygen atoms in total. The minimum absolute atomic E-state index is 0.750. The van der Waals surface area contributed by atoms with Crippen molar-refractivity contribution in [1.82, 2.24) is 14.6 Å². The largest absolute Gasteiger partial charge is 0.496 e. The predicted molar refractivity (Wildman–Crippen MR) is 115 cm³/mol. The zero-order chi connectivity index (χ0) is 19.7. The first kappa shape index (κ1) is 17.7. The number of methoxy groups -OCH3 is 1. The SMILES string of the molecule is C=Cc1ccc(OC)c(-c2cnn3cc(-c4ccc(C)cc4)cnc23)c1C=C. The molecule has 0 radical (unpaired) electrons. The maximum atomic E-state index is 5.62. The van der Waals surface area contributed by atoms with E-state index in [0.29, 0.717) is 0 Å². The first-order valence-electron chi connectivity index (χ1n) is 9.03. The highest BCUT2D eigenvalue weighted by atomic mass is 16.5. The molecule has 0 fully saturated rings. The van der Waals surface area contributed by atoms with Crippen molar-refractivity contribution in [2.24, 2.45) is 0 Å². The lowest BCUT2D eigenvalue weighted by atomic mass is 9.95. The Morgan fingerprint density at radius 1 is 0.964 bits per heavy atom. The number of hydrogen-bond acceptors (Lipinski definition) is 3. The van der Waals surface area contributed by atoms with Crippen molar-refractivity contribution < 1.29 is 4.74 Å². The third kappa shape index (κ3) is 2.89. The average molecular weight is 367 g/mol. The van der Waals surface area contributed by atoms with E-state index in [9.17, 15) is 0 Å². The van der Waals surface area contributed by atoms with Crippen LogP contribution in [0.1, 0.15) is 16.7 Å². The Kier molecular flexibility index (Phi) is 4.53. The highest BCUT2D eigenvalue weighted by Gasteiger charge is 2.18. The molecule has 0 spiro atoms. The highest BCUT2D eigenvalue weighted by molar-refractivity contribution is 5.90. The molecule has 0 aliphatic heterocycles. The van der Waals surface area contributed by atoms with Crippen LogP contribution >= 0.6 is 0 Å². The Morgan fingerprint density at radius 2 is 1.75 bits per heavy atom. The molecule has 0 amide bonds. The lowest BCUT2D eigenvalue weighted by molar-refractivity contribution is 0.416. The fraction of sp³-hybridized carbons (Fsp3) is 0.0833. The third-order valence-electron chi connectivity index (χ3n) is 4.90. The summed E-state index contributed by atoms with van der Waals surface area (Å²) in [5.41, 5.74) is 7.86. The summed E-state index contributed by atoms with van der Waals surface area (Å²) in [7, 11) is 1.66. The van der Waals surface area contributed by atoms with Gasteiger partial charge in [-0.25, -0.2) is 9.50 Å². The summed E-state index contributed by atoms with van der Waals surface area (Å²) in [5.74, 6) is 0.750. The fourth-order valence-corrected chi connectivity index (χ4v) is 3.41. The van der Waals surface area contributed by atoms with Crippen LogP contribution in [-0.2, 0) is 0 Å².